The minimum absolute atomic E-state index is 0.0298. The van der Waals surface area contributed by atoms with E-state index in [1.165, 1.54) is 12.1 Å². The molecule has 0 saturated carbocycles. The van der Waals surface area contributed by atoms with Gasteiger partial charge in [-0.3, -0.25) is 0 Å². The molecule has 9 heteroatoms. The standard InChI is InChI=1S/C23H19FN2O5S/c1-15-5-2-3-8-22(15)32(29,30)26-13-18-10-19(17-7-4-6-16(9-17)12-25)21(11-20(18)24)31-14-23(27)28/h2-11,26H,13-14H2,1H3,(H,27,28). The summed E-state index contributed by atoms with van der Waals surface area (Å²) in [6.45, 7) is 0.625. The first-order valence-corrected chi connectivity index (χ1v) is 10.9. The predicted octanol–water partition coefficient (Wildman–Crippen LogP) is 3.61. The zero-order chi connectivity index (χ0) is 23.3. The molecule has 3 rings (SSSR count). The lowest BCUT2D eigenvalue weighted by atomic mass is 10.00. The number of aliphatic carboxylic acids is 1. The average molecular weight is 454 g/mol. The molecule has 0 heterocycles. The number of hydrogen-bond donors (Lipinski definition) is 2. The smallest absolute Gasteiger partial charge is 0.341 e. The number of nitrogens with one attached hydrogen (secondary N) is 1. The number of carboxylic acids is 1. The first-order valence-electron chi connectivity index (χ1n) is 9.44. The number of nitriles is 1. The number of nitrogens with zero attached hydrogens (tertiary/aromatic N) is 1. The lowest BCUT2D eigenvalue weighted by Crippen LogP contribution is -2.24. The van der Waals surface area contributed by atoms with Gasteiger partial charge in [0.2, 0.25) is 10.0 Å². The van der Waals surface area contributed by atoms with Crippen molar-refractivity contribution < 1.29 is 27.4 Å². The number of aryl methyl sites for hydroxylation is 1. The summed E-state index contributed by atoms with van der Waals surface area (Å²) in [5.41, 5.74) is 1.74. The highest BCUT2D eigenvalue weighted by Crippen LogP contribution is 2.33. The van der Waals surface area contributed by atoms with Crippen molar-refractivity contribution in [3.63, 3.8) is 0 Å². The predicted molar refractivity (Wildman–Crippen MR) is 115 cm³/mol. The summed E-state index contributed by atoms with van der Waals surface area (Å²) in [7, 11) is -3.89. The van der Waals surface area contributed by atoms with Crippen LogP contribution >= 0.6 is 0 Å². The van der Waals surface area contributed by atoms with E-state index in [9.17, 15) is 17.6 Å². The molecule has 0 radical (unpaired) electrons. The molecular formula is C23H19FN2O5S. The van der Waals surface area contributed by atoms with Crippen LogP contribution in [0.25, 0.3) is 11.1 Å². The largest absolute Gasteiger partial charge is 0.481 e. The van der Waals surface area contributed by atoms with Gasteiger partial charge in [0.05, 0.1) is 16.5 Å². The Bertz CT molecular complexity index is 1320. The van der Waals surface area contributed by atoms with E-state index in [1.807, 2.05) is 6.07 Å². The van der Waals surface area contributed by atoms with Crippen LogP contribution in [0.3, 0.4) is 0 Å². The number of carboxylic acid groups (broad SMARTS) is 1. The van der Waals surface area contributed by atoms with E-state index in [0.717, 1.165) is 6.07 Å². The van der Waals surface area contributed by atoms with Crippen molar-refractivity contribution in [2.24, 2.45) is 0 Å². The molecule has 164 valence electrons. The summed E-state index contributed by atoms with van der Waals surface area (Å²) < 4.78 is 47.7. The second kappa shape index (κ2) is 9.60. The van der Waals surface area contributed by atoms with Crippen molar-refractivity contribution in [2.45, 2.75) is 18.4 Å². The number of rotatable bonds is 8. The minimum Gasteiger partial charge on any atom is -0.481 e. The summed E-state index contributed by atoms with van der Waals surface area (Å²) in [5, 5.41) is 18.1. The molecule has 0 amide bonds. The van der Waals surface area contributed by atoms with Gasteiger partial charge in [0.15, 0.2) is 6.61 Å². The second-order valence-corrected chi connectivity index (χ2v) is 8.64. The third-order valence-corrected chi connectivity index (χ3v) is 6.20. The summed E-state index contributed by atoms with van der Waals surface area (Å²) in [6.07, 6.45) is 0. The van der Waals surface area contributed by atoms with Gasteiger partial charge in [-0.2, -0.15) is 5.26 Å². The number of carbonyl (C=O) groups is 1. The summed E-state index contributed by atoms with van der Waals surface area (Å²) in [6, 6.07) is 17.2. The van der Waals surface area contributed by atoms with Gasteiger partial charge in [-0.25, -0.2) is 22.3 Å². The van der Waals surface area contributed by atoms with Gasteiger partial charge in [-0.1, -0.05) is 30.3 Å². The molecule has 7 nitrogen and oxygen atoms in total. The maximum absolute atomic E-state index is 14.8. The molecule has 0 atom stereocenters. The fourth-order valence-electron chi connectivity index (χ4n) is 3.08. The van der Waals surface area contributed by atoms with Crippen LogP contribution in [-0.4, -0.2) is 26.1 Å². The lowest BCUT2D eigenvalue weighted by molar-refractivity contribution is -0.139. The number of sulfonamides is 1. The van der Waals surface area contributed by atoms with E-state index in [0.29, 0.717) is 22.3 Å². The van der Waals surface area contributed by atoms with Gasteiger partial charge in [0.1, 0.15) is 11.6 Å². The summed E-state index contributed by atoms with van der Waals surface area (Å²) in [5.74, 6) is -2.04. The molecule has 0 saturated heterocycles. The Morgan fingerprint density at radius 1 is 1.16 bits per heavy atom. The van der Waals surface area contributed by atoms with E-state index in [1.54, 1.807) is 49.4 Å². The molecule has 2 N–H and O–H groups in total. The lowest BCUT2D eigenvalue weighted by Gasteiger charge is -2.15. The van der Waals surface area contributed by atoms with Crippen LogP contribution in [0.4, 0.5) is 4.39 Å². The second-order valence-electron chi connectivity index (χ2n) is 6.90. The Hall–Kier alpha value is -3.74. The molecule has 0 aliphatic heterocycles. The molecule has 32 heavy (non-hydrogen) atoms. The maximum Gasteiger partial charge on any atom is 0.341 e. The van der Waals surface area contributed by atoms with Crippen LogP contribution in [0.2, 0.25) is 0 Å². The molecule has 0 fully saturated rings. The molecule has 3 aromatic rings. The maximum atomic E-state index is 14.8. The van der Waals surface area contributed by atoms with E-state index < -0.39 is 28.4 Å². The van der Waals surface area contributed by atoms with Crippen LogP contribution in [0.5, 0.6) is 5.75 Å². The minimum atomic E-state index is -3.89. The van der Waals surface area contributed by atoms with E-state index in [-0.39, 0.29) is 22.8 Å². The highest BCUT2D eigenvalue weighted by molar-refractivity contribution is 7.89. The molecule has 0 bridgehead atoms. The number of halogens is 1. The van der Waals surface area contributed by atoms with Crippen LogP contribution in [-0.2, 0) is 21.4 Å². The molecule has 0 spiro atoms. The molecule has 0 unspecified atom stereocenters. The van der Waals surface area contributed by atoms with Crippen molar-refractivity contribution in [1.29, 1.82) is 5.26 Å². The first-order chi connectivity index (χ1) is 15.2. The zero-order valence-corrected chi connectivity index (χ0v) is 17.8. The quantitative estimate of drug-likeness (QED) is 0.537. The summed E-state index contributed by atoms with van der Waals surface area (Å²) >= 11 is 0. The van der Waals surface area contributed by atoms with E-state index in [4.69, 9.17) is 15.1 Å². The van der Waals surface area contributed by atoms with Crippen LogP contribution < -0.4 is 9.46 Å². The molecule has 0 aliphatic carbocycles. The van der Waals surface area contributed by atoms with Gasteiger partial charge >= 0.3 is 5.97 Å². The highest BCUT2D eigenvalue weighted by atomic mass is 32.2. The number of ether oxygens (including phenoxy) is 1. The van der Waals surface area contributed by atoms with Crippen molar-refractivity contribution in [2.75, 3.05) is 6.61 Å². The first kappa shape index (κ1) is 22.9. The SMILES string of the molecule is Cc1ccccc1S(=O)(=O)NCc1cc(-c2cccc(C#N)c2)c(OCC(=O)O)cc1F. The van der Waals surface area contributed by atoms with Crippen molar-refractivity contribution in [3.05, 3.63) is 83.2 Å². The molecule has 0 aliphatic rings. The monoisotopic (exact) mass is 454 g/mol. The van der Waals surface area contributed by atoms with Gasteiger partial charge in [0, 0.05) is 23.7 Å². The average Bonchev–Trinajstić information content (AvgIpc) is 2.77. The Kier molecular flexibility index (Phi) is 6.88. The van der Waals surface area contributed by atoms with Gasteiger partial charge < -0.3 is 9.84 Å². The van der Waals surface area contributed by atoms with Crippen LogP contribution in [0.15, 0.2) is 65.6 Å². The van der Waals surface area contributed by atoms with E-state index in [2.05, 4.69) is 4.72 Å². The molecule has 3 aromatic carbocycles. The Morgan fingerprint density at radius 3 is 2.59 bits per heavy atom. The number of benzene rings is 3. The van der Waals surface area contributed by atoms with Crippen molar-refractivity contribution >= 4 is 16.0 Å². The Morgan fingerprint density at radius 2 is 1.91 bits per heavy atom. The highest BCUT2D eigenvalue weighted by Gasteiger charge is 2.19. The van der Waals surface area contributed by atoms with Crippen molar-refractivity contribution in [3.8, 4) is 22.9 Å². The van der Waals surface area contributed by atoms with Gasteiger partial charge in [-0.05, 0) is 42.3 Å². The van der Waals surface area contributed by atoms with Gasteiger partial charge in [0.25, 0.3) is 0 Å². The fraction of sp³-hybridized carbons (Fsp3) is 0.130. The van der Waals surface area contributed by atoms with Gasteiger partial charge in [-0.15, -0.1) is 0 Å². The topological polar surface area (TPSA) is 116 Å². The van der Waals surface area contributed by atoms with Crippen molar-refractivity contribution in [1.82, 2.24) is 4.72 Å². The zero-order valence-electron chi connectivity index (χ0n) is 17.0. The van der Waals surface area contributed by atoms with Crippen LogP contribution in [0.1, 0.15) is 16.7 Å². The fourth-order valence-corrected chi connectivity index (χ4v) is 4.34. The molecular weight excluding hydrogens is 435 g/mol. The van der Waals surface area contributed by atoms with Crippen LogP contribution in [0, 0.1) is 24.1 Å². The Labute approximate surface area is 184 Å². The summed E-state index contributed by atoms with van der Waals surface area (Å²) in [4.78, 5) is 11.0. The normalized spacial score (nSPS) is 11.0. The van der Waals surface area contributed by atoms with E-state index >= 15 is 0 Å². The molecule has 0 aromatic heterocycles. The number of hydrogen-bond acceptors (Lipinski definition) is 5. The third kappa shape index (κ3) is 5.29. The third-order valence-electron chi connectivity index (χ3n) is 4.64. The Balaban J connectivity index is 1.99.